The van der Waals surface area contributed by atoms with Gasteiger partial charge in [-0.25, -0.2) is 4.98 Å². The van der Waals surface area contributed by atoms with Gasteiger partial charge in [0.2, 0.25) is 0 Å². The molecule has 0 aromatic carbocycles. The number of aromatic nitrogens is 4. The van der Waals surface area contributed by atoms with E-state index in [4.69, 9.17) is 15.0 Å². The van der Waals surface area contributed by atoms with Crippen molar-refractivity contribution >= 4 is 28.4 Å². The molecule has 0 amide bonds. The van der Waals surface area contributed by atoms with E-state index in [-0.39, 0.29) is 0 Å². The molecule has 0 radical (unpaired) electrons. The third-order valence-corrected chi connectivity index (χ3v) is 7.51. The summed E-state index contributed by atoms with van der Waals surface area (Å²) in [4.78, 5) is 12.2. The van der Waals surface area contributed by atoms with Crippen LogP contribution >= 0.6 is 0 Å². The van der Waals surface area contributed by atoms with Crippen LogP contribution < -0.4 is 10.6 Å². The van der Waals surface area contributed by atoms with Crippen LogP contribution in [0.15, 0.2) is 30.5 Å². The number of hydrogen-bond acceptors (Lipinski definition) is 8. The lowest BCUT2D eigenvalue weighted by Crippen LogP contribution is -2.81. The molecule has 3 saturated heterocycles. The third-order valence-electron chi connectivity index (χ3n) is 7.51. The number of aromatic amines is 1. The largest absolute Gasteiger partial charge is 0.378 e. The van der Waals surface area contributed by atoms with Crippen LogP contribution in [0.5, 0.6) is 0 Å². The fourth-order valence-corrected chi connectivity index (χ4v) is 6.33. The number of nitrogens with one attached hydrogen (secondary N) is 3. The van der Waals surface area contributed by atoms with Crippen LogP contribution in [0.1, 0.15) is 44.2 Å². The molecule has 4 atom stereocenters. The Labute approximate surface area is 192 Å². The number of hydrogen-bond donors (Lipinski definition) is 3. The minimum atomic E-state index is 0.333. The summed E-state index contributed by atoms with van der Waals surface area (Å²) < 4.78 is 5.16. The normalized spacial score (nSPS) is 27.8. The Morgan fingerprint density at radius 2 is 2.12 bits per heavy atom. The number of nitriles is 1. The minimum Gasteiger partial charge on any atom is -0.378 e. The maximum atomic E-state index is 8.99. The van der Waals surface area contributed by atoms with Gasteiger partial charge in [-0.1, -0.05) is 0 Å². The van der Waals surface area contributed by atoms with Gasteiger partial charge in [0, 0.05) is 60.9 Å². The van der Waals surface area contributed by atoms with Crippen molar-refractivity contribution in [2.75, 3.05) is 17.7 Å². The Hall–Kier alpha value is -3.22. The quantitative estimate of drug-likeness (QED) is 0.482. The predicted octanol–water partition coefficient (Wildman–Crippen LogP) is 3.71. The molecule has 6 rings (SSSR count). The smallest absolute Gasteiger partial charge is 0.153 e. The van der Waals surface area contributed by atoms with E-state index in [0.29, 0.717) is 48.3 Å². The number of anilines is 3. The van der Waals surface area contributed by atoms with Gasteiger partial charge in [-0.2, -0.15) is 10.4 Å². The molecule has 0 aliphatic carbocycles. The molecule has 0 spiro atoms. The van der Waals surface area contributed by atoms with Crippen molar-refractivity contribution in [2.24, 2.45) is 0 Å². The fraction of sp³-hybridized carbons (Fsp3) is 0.500. The van der Waals surface area contributed by atoms with Crippen LogP contribution in [0.4, 0.5) is 17.5 Å². The van der Waals surface area contributed by atoms with E-state index in [1.165, 1.54) is 12.8 Å². The number of methoxy groups -OCH3 is 1. The number of pyridine rings is 2. The van der Waals surface area contributed by atoms with Gasteiger partial charge in [0.25, 0.3) is 0 Å². The molecule has 3 N–H and O–H groups in total. The fourth-order valence-electron chi connectivity index (χ4n) is 6.33. The molecule has 3 aromatic heterocycles. The topological polar surface area (TPSA) is 115 Å². The zero-order valence-corrected chi connectivity index (χ0v) is 18.7. The summed E-state index contributed by atoms with van der Waals surface area (Å²) in [5.41, 5.74) is 2.13. The Kier molecular flexibility index (Phi) is 4.93. The lowest BCUT2D eigenvalue weighted by molar-refractivity contribution is -0.222. The minimum absolute atomic E-state index is 0.333. The SMILES string of the molecule is COCc1cc(Nc2cc3ncccc3c(NC3CC4CC5(CCC#N)C[C@H](C3)N45)n2)n[nH]1. The summed E-state index contributed by atoms with van der Waals surface area (Å²) >= 11 is 0. The van der Waals surface area contributed by atoms with Crippen LogP contribution in [0.3, 0.4) is 0 Å². The van der Waals surface area contributed by atoms with Crippen LogP contribution in [-0.2, 0) is 11.3 Å². The molecular formula is C24H28N8O. The van der Waals surface area contributed by atoms with Crippen molar-refractivity contribution in [2.45, 2.75) is 68.8 Å². The summed E-state index contributed by atoms with van der Waals surface area (Å²) in [6, 6.07) is 11.9. The average molecular weight is 445 g/mol. The first-order chi connectivity index (χ1) is 16.2. The Balaban J connectivity index is 1.20. The van der Waals surface area contributed by atoms with Crippen LogP contribution in [0, 0.1) is 11.3 Å². The van der Waals surface area contributed by atoms with Gasteiger partial charge in [-0.3, -0.25) is 15.0 Å². The van der Waals surface area contributed by atoms with Crippen molar-refractivity contribution in [3.63, 3.8) is 0 Å². The first-order valence-corrected chi connectivity index (χ1v) is 11.7. The Morgan fingerprint density at radius 1 is 1.27 bits per heavy atom. The molecule has 3 aliphatic rings. The van der Waals surface area contributed by atoms with Gasteiger partial charge in [-0.15, -0.1) is 0 Å². The zero-order chi connectivity index (χ0) is 22.4. The number of ether oxygens (including phenoxy) is 1. The number of H-pyrrole nitrogens is 1. The van der Waals surface area contributed by atoms with Crippen LogP contribution in [0.2, 0.25) is 0 Å². The van der Waals surface area contributed by atoms with Crippen molar-refractivity contribution in [3.8, 4) is 6.07 Å². The van der Waals surface area contributed by atoms with E-state index < -0.39 is 0 Å². The summed E-state index contributed by atoms with van der Waals surface area (Å²) in [6.07, 6.45) is 8.19. The number of piperidine rings is 2. The van der Waals surface area contributed by atoms with Gasteiger partial charge in [0.15, 0.2) is 5.82 Å². The standard InChI is InChI=1S/C24H28N8O/c1-33-14-16-10-22(31-30-16)28-21-11-20-19(4-2-7-26-20)23(29-21)27-15-8-17-12-24(5-3-6-25)13-18(9-15)32(17)24/h2,4,7,10-11,15,17-18H,3,5,8-9,12-14H2,1H3,(H3,27,28,29,30,31)/t15?,17-,18?,24?/m0/s1. The summed E-state index contributed by atoms with van der Waals surface area (Å²) in [5.74, 6) is 2.27. The lowest BCUT2D eigenvalue weighted by Gasteiger charge is -2.74. The highest BCUT2D eigenvalue weighted by Crippen LogP contribution is 2.58. The van der Waals surface area contributed by atoms with E-state index >= 15 is 0 Å². The zero-order valence-electron chi connectivity index (χ0n) is 18.7. The van der Waals surface area contributed by atoms with Crippen LogP contribution in [-0.4, -0.2) is 55.8 Å². The highest BCUT2D eigenvalue weighted by molar-refractivity contribution is 5.91. The second kappa shape index (κ2) is 7.97. The molecule has 9 nitrogen and oxygen atoms in total. The first kappa shape index (κ1) is 20.4. The third kappa shape index (κ3) is 3.50. The molecule has 3 aromatic rings. The predicted molar refractivity (Wildman–Crippen MR) is 125 cm³/mol. The number of rotatable bonds is 8. The Bertz CT molecular complexity index is 1200. The van der Waals surface area contributed by atoms with E-state index in [1.807, 2.05) is 24.4 Å². The van der Waals surface area contributed by atoms with Gasteiger partial charge >= 0.3 is 0 Å². The van der Waals surface area contributed by atoms with E-state index in [9.17, 15) is 0 Å². The molecule has 0 bridgehead atoms. The van der Waals surface area contributed by atoms with Crippen molar-refractivity contribution in [1.29, 1.82) is 5.26 Å². The number of nitrogens with zero attached hydrogens (tertiary/aromatic N) is 5. The summed E-state index contributed by atoms with van der Waals surface area (Å²) in [5, 5.41) is 24.3. The van der Waals surface area contributed by atoms with Crippen molar-refractivity contribution in [3.05, 3.63) is 36.2 Å². The van der Waals surface area contributed by atoms with Crippen molar-refractivity contribution in [1.82, 2.24) is 25.1 Å². The van der Waals surface area contributed by atoms with Gasteiger partial charge in [0.1, 0.15) is 11.6 Å². The summed E-state index contributed by atoms with van der Waals surface area (Å²) in [6.45, 7) is 0.479. The van der Waals surface area contributed by atoms with E-state index in [1.54, 1.807) is 7.11 Å². The average Bonchev–Trinajstić information content (AvgIpc) is 3.22. The highest BCUT2D eigenvalue weighted by atomic mass is 16.5. The molecular weight excluding hydrogens is 416 g/mol. The molecule has 6 heterocycles. The molecule has 3 aliphatic heterocycles. The molecule has 33 heavy (non-hydrogen) atoms. The molecule has 3 fully saturated rings. The van der Waals surface area contributed by atoms with Gasteiger partial charge in [-0.05, 0) is 44.2 Å². The highest BCUT2D eigenvalue weighted by Gasteiger charge is 2.64. The Morgan fingerprint density at radius 3 is 2.91 bits per heavy atom. The maximum Gasteiger partial charge on any atom is 0.153 e. The summed E-state index contributed by atoms with van der Waals surface area (Å²) in [7, 11) is 1.66. The van der Waals surface area contributed by atoms with Crippen molar-refractivity contribution < 1.29 is 4.74 Å². The van der Waals surface area contributed by atoms with Gasteiger partial charge < -0.3 is 15.4 Å². The van der Waals surface area contributed by atoms with Gasteiger partial charge in [0.05, 0.1) is 23.9 Å². The second-order valence-electron chi connectivity index (χ2n) is 9.58. The van der Waals surface area contributed by atoms with E-state index in [0.717, 1.165) is 41.7 Å². The molecule has 3 unspecified atom stereocenters. The second-order valence-corrected chi connectivity index (χ2v) is 9.58. The van der Waals surface area contributed by atoms with Crippen LogP contribution in [0.25, 0.3) is 10.9 Å². The lowest BCUT2D eigenvalue weighted by atomic mass is 9.57. The maximum absolute atomic E-state index is 8.99. The monoisotopic (exact) mass is 444 g/mol. The molecule has 0 saturated carbocycles. The molecule has 9 heteroatoms. The van der Waals surface area contributed by atoms with E-state index in [2.05, 4.69) is 42.9 Å². The first-order valence-electron chi connectivity index (χ1n) is 11.7. The number of fused-ring (bicyclic) bond motifs is 1. The molecule has 170 valence electrons.